The molecule has 0 fully saturated rings. The summed E-state index contributed by atoms with van der Waals surface area (Å²) in [4.78, 5) is 23.4. The summed E-state index contributed by atoms with van der Waals surface area (Å²) in [6, 6.07) is 0. The highest BCUT2D eigenvalue weighted by molar-refractivity contribution is 7.99. The third-order valence-electron chi connectivity index (χ3n) is 3.98. The Kier molecular flexibility index (Phi) is 13.7. The van der Waals surface area contributed by atoms with Crippen LogP contribution in [0.3, 0.4) is 0 Å². The van der Waals surface area contributed by atoms with E-state index in [0.29, 0.717) is 24.5 Å². The zero-order valence-corrected chi connectivity index (χ0v) is 18.6. The molecule has 1 N–H and O–H groups in total. The Balaban J connectivity index is 3.74. The molecule has 11 heteroatoms. The number of carbonyl (C=O) groups is 2. The summed E-state index contributed by atoms with van der Waals surface area (Å²) in [5.74, 6) is -0.293. The fourth-order valence-electron chi connectivity index (χ4n) is 1.94. The van der Waals surface area contributed by atoms with E-state index in [1.54, 1.807) is 13.8 Å². The third-order valence-corrected chi connectivity index (χ3v) is 5.97. The summed E-state index contributed by atoms with van der Waals surface area (Å²) >= 11 is 1.52. The normalized spacial score (nSPS) is 14.9. The van der Waals surface area contributed by atoms with Gasteiger partial charge in [-0.1, -0.05) is 13.8 Å². The standard InChI is InChI=1S/C17H32O9S2/c1-5-17(3,16(19)23-4)12-25-13-24-8-9-27-11-14(2)15(18)26-7-6-10-28(20,21)22/h14H,5-13H2,1-4H3,(H,20,21,22). The zero-order chi connectivity index (χ0) is 21.6. The topological polar surface area (TPSA) is 125 Å². The number of rotatable bonds is 16. The SMILES string of the molecule is CCC(C)(COCOCCSCC(C)C(=O)OCCCS(=O)(=O)O)C(=O)OC. The number of methoxy groups -OCH3 is 1. The maximum absolute atomic E-state index is 11.7. The smallest absolute Gasteiger partial charge is 0.313 e. The van der Waals surface area contributed by atoms with Gasteiger partial charge in [-0.25, -0.2) is 0 Å². The van der Waals surface area contributed by atoms with Crippen molar-refractivity contribution in [2.24, 2.45) is 11.3 Å². The molecule has 0 aromatic carbocycles. The van der Waals surface area contributed by atoms with Crippen LogP contribution in [0.5, 0.6) is 0 Å². The summed E-state index contributed by atoms with van der Waals surface area (Å²) < 4.78 is 50.2. The number of thioether (sulfide) groups is 1. The first-order valence-corrected chi connectivity index (χ1v) is 11.8. The van der Waals surface area contributed by atoms with Crippen LogP contribution >= 0.6 is 11.8 Å². The molecule has 0 heterocycles. The van der Waals surface area contributed by atoms with Crippen LogP contribution in [0.15, 0.2) is 0 Å². The van der Waals surface area contributed by atoms with Crippen molar-refractivity contribution < 1.29 is 41.5 Å². The molecule has 0 spiro atoms. The molecular formula is C17H32O9S2. The number of hydrogen-bond acceptors (Lipinski definition) is 9. The quantitative estimate of drug-likeness (QED) is 0.163. The lowest BCUT2D eigenvalue weighted by atomic mass is 9.89. The molecule has 2 atom stereocenters. The Bertz CT molecular complexity index is 565. The Morgan fingerprint density at radius 2 is 1.89 bits per heavy atom. The molecule has 0 saturated carbocycles. The minimum absolute atomic E-state index is 0.0453. The fourth-order valence-corrected chi connectivity index (χ4v) is 3.31. The highest BCUT2D eigenvalue weighted by Gasteiger charge is 2.32. The number of esters is 2. The lowest BCUT2D eigenvalue weighted by Gasteiger charge is -2.24. The van der Waals surface area contributed by atoms with Crippen molar-refractivity contribution >= 4 is 33.8 Å². The molecule has 0 radical (unpaired) electrons. The summed E-state index contributed by atoms with van der Waals surface area (Å²) in [6.45, 7) is 6.05. The predicted octanol–water partition coefficient (Wildman–Crippen LogP) is 1.76. The molecule has 0 aromatic heterocycles. The molecule has 166 valence electrons. The van der Waals surface area contributed by atoms with Crippen LogP contribution in [0, 0.1) is 11.3 Å². The molecule has 0 amide bonds. The van der Waals surface area contributed by atoms with Gasteiger partial charge in [0.1, 0.15) is 6.79 Å². The number of carbonyl (C=O) groups excluding carboxylic acids is 2. The van der Waals surface area contributed by atoms with Gasteiger partial charge in [0.05, 0.1) is 44.0 Å². The maximum Gasteiger partial charge on any atom is 0.313 e. The summed E-state index contributed by atoms with van der Waals surface area (Å²) in [5.41, 5.74) is -0.690. The van der Waals surface area contributed by atoms with Crippen LogP contribution < -0.4 is 0 Å². The molecule has 0 rings (SSSR count). The monoisotopic (exact) mass is 444 g/mol. The molecule has 28 heavy (non-hydrogen) atoms. The van der Waals surface area contributed by atoms with Crippen molar-refractivity contribution in [2.45, 2.75) is 33.6 Å². The average Bonchev–Trinajstić information content (AvgIpc) is 2.65. The fraction of sp³-hybridized carbons (Fsp3) is 0.882. The third kappa shape index (κ3) is 12.6. The van der Waals surface area contributed by atoms with Crippen LogP contribution in [0.1, 0.15) is 33.6 Å². The van der Waals surface area contributed by atoms with Crippen molar-refractivity contribution in [3.8, 4) is 0 Å². The van der Waals surface area contributed by atoms with Crippen LogP contribution in [-0.4, -0.2) is 75.9 Å². The van der Waals surface area contributed by atoms with Crippen molar-refractivity contribution in [3.05, 3.63) is 0 Å². The Morgan fingerprint density at radius 3 is 2.46 bits per heavy atom. The van der Waals surface area contributed by atoms with Gasteiger partial charge in [-0.05, 0) is 19.8 Å². The highest BCUT2D eigenvalue weighted by Crippen LogP contribution is 2.23. The van der Waals surface area contributed by atoms with E-state index in [4.69, 9.17) is 23.5 Å². The van der Waals surface area contributed by atoms with E-state index in [0.717, 1.165) is 0 Å². The van der Waals surface area contributed by atoms with Gasteiger partial charge >= 0.3 is 11.9 Å². The summed E-state index contributed by atoms with van der Waals surface area (Å²) in [6.07, 6.45) is 0.657. The number of ether oxygens (including phenoxy) is 4. The lowest BCUT2D eigenvalue weighted by Crippen LogP contribution is -2.33. The van der Waals surface area contributed by atoms with Gasteiger partial charge in [-0.15, -0.1) is 0 Å². The van der Waals surface area contributed by atoms with Crippen molar-refractivity contribution in [2.75, 3.05) is 51.0 Å². The first kappa shape index (κ1) is 27.1. The van der Waals surface area contributed by atoms with Crippen molar-refractivity contribution in [1.29, 1.82) is 0 Å². The van der Waals surface area contributed by atoms with E-state index in [9.17, 15) is 18.0 Å². The van der Waals surface area contributed by atoms with Gasteiger partial charge in [0.2, 0.25) is 0 Å². The van der Waals surface area contributed by atoms with Crippen LogP contribution in [0.4, 0.5) is 0 Å². The second-order valence-corrected chi connectivity index (χ2v) is 9.29. The van der Waals surface area contributed by atoms with Gasteiger partial charge in [0, 0.05) is 11.5 Å². The van der Waals surface area contributed by atoms with E-state index in [1.807, 2.05) is 6.92 Å². The zero-order valence-electron chi connectivity index (χ0n) is 17.0. The Morgan fingerprint density at radius 1 is 1.21 bits per heavy atom. The Hall–Kier alpha value is -0.880. The Labute approximate surface area is 171 Å². The van der Waals surface area contributed by atoms with E-state index < -0.39 is 27.3 Å². The van der Waals surface area contributed by atoms with Gasteiger partial charge in [0.25, 0.3) is 10.1 Å². The maximum atomic E-state index is 11.7. The van der Waals surface area contributed by atoms with Gasteiger partial charge < -0.3 is 18.9 Å². The van der Waals surface area contributed by atoms with E-state index in [-0.39, 0.29) is 38.3 Å². The lowest BCUT2D eigenvalue weighted by molar-refractivity contribution is -0.159. The molecule has 0 aliphatic carbocycles. The first-order valence-electron chi connectivity index (χ1n) is 8.99. The van der Waals surface area contributed by atoms with Crippen molar-refractivity contribution in [3.63, 3.8) is 0 Å². The predicted molar refractivity (Wildman–Crippen MR) is 106 cm³/mol. The van der Waals surface area contributed by atoms with Gasteiger partial charge in [-0.3, -0.25) is 14.1 Å². The second-order valence-electron chi connectivity index (χ2n) is 6.56. The average molecular weight is 445 g/mol. The molecule has 9 nitrogen and oxygen atoms in total. The largest absolute Gasteiger partial charge is 0.469 e. The van der Waals surface area contributed by atoms with Crippen LogP contribution in [0.2, 0.25) is 0 Å². The van der Waals surface area contributed by atoms with Crippen molar-refractivity contribution in [1.82, 2.24) is 0 Å². The number of hydrogen-bond donors (Lipinski definition) is 1. The molecule has 2 unspecified atom stereocenters. The summed E-state index contributed by atoms with van der Waals surface area (Å²) in [7, 11) is -2.68. The molecule has 0 aliphatic heterocycles. The minimum atomic E-state index is -4.03. The van der Waals surface area contributed by atoms with Gasteiger partial charge in [-0.2, -0.15) is 20.2 Å². The molecule has 0 bridgehead atoms. The highest BCUT2D eigenvalue weighted by atomic mass is 32.2. The van der Waals surface area contributed by atoms with E-state index >= 15 is 0 Å². The molecule has 0 aliphatic rings. The second kappa shape index (κ2) is 14.2. The molecule has 0 saturated heterocycles. The van der Waals surface area contributed by atoms with Crippen LogP contribution in [0.25, 0.3) is 0 Å². The molecular weight excluding hydrogens is 412 g/mol. The first-order chi connectivity index (χ1) is 13.1. The van der Waals surface area contributed by atoms with Crippen LogP contribution in [-0.2, 0) is 38.7 Å². The van der Waals surface area contributed by atoms with Gasteiger partial charge in [0.15, 0.2) is 0 Å². The minimum Gasteiger partial charge on any atom is -0.469 e. The van der Waals surface area contributed by atoms with E-state index in [2.05, 4.69) is 0 Å². The summed E-state index contributed by atoms with van der Waals surface area (Å²) in [5, 5.41) is 0. The molecule has 0 aromatic rings. The van der Waals surface area contributed by atoms with E-state index in [1.165, 1.54) is 18.9 Å².